The van der Waals surface area contributed by atoms with Crippen molar-refractivity contribution in [3.05, 3.63) is 16.6 Å². The van der Waals surface area contributed by atoms with E-state index in [0.717, 1.165) is 17.8 Å². The number of likely N-dealkylation sites (tertiary alicyclic amines) is 1. The van der Waals surface area contributed by atoms with Crippen LogP contribution in [0.5, 0.6) is 0 Å². The number of carbonyl (C=O) groups is 2. The van der Waals surface area contributed by atoms with Crippen LogP contribution in [0.3, 0.4) is 0 Å². The van der Waals surface area contributed by atoms with Gasteiger partial charge in [0.25, 0.3) is 0 Å². The Morgan fingerprint density at radius 3 is 3.11 bits per heavy atom. The lowest BCUT2D eigenvalue weighted by Crippen LogP contribution is -2.45. The number of rotatable bonds is 4. The highest BCUT2D eigenvalue weighted by molar-refractivity contribution is 7.09. The van der Waals surface area contributed by atoms with Crippen molar-refractivity contribution in [3.63, 3.8) is 0 Å². The number of urea groups is 1. The van der Waals surface area contributed by atoms with E-state index in [1.165, 1.54) is 11.3 Å². The van der Waals surface area contributed by atoms with Crippen LogP contribution in [0, 0.1) is 5.92 Å². The number of nitrogens with zero attached hydrogens (tertiary/aromatic N) is 2. The molecule has 1 aromatic rings. The molecule has 2 heterocycles. The van der Waals surface area contributed by atoms with Gasteiger partial charge in [-0.2, -0.15) is 0 Å². The van der Waals surface area contributed by atoms with Gasteiger partial charge >= 0.3 is 12.0 Å². The zero-order valence-corrected chi connectivity index (χ0v) is 11.4. The third-order valence-corrected chi connectivity index (χ3v) is 3.92. The molecule has 0 aromatic carbocycles. The number of aliphatic carboxylic acids is 1. The van der Waals surface area contributed by atoms with E-state index in [9.17, 15) is 9.59 Å². The summed E-state index contributed by atoms with van der Waals surface area (Å²) in [6, 6.07) is -0.134. The lowest BCUT2D eigenvalue weighted by Gasteiger charge is -2.32. The van der Waals surface area contributed by atoms with E-state index < -0.39 is 5.97 Å². The van der Waals surface area contributed by atoms with Gasteiger partial charge in [0.15, 0.2) is 0 Å². The lowest BCUT2D eigenvalue weighted by atomic mass is 9.95. The number of thiazole rings is 1. The number of amides is 2. The summed E-state index contributed by atoms with van der Waals surface area (Å²) in [5.74, 6) is -0.730. The SMILES string of the molecule is O=C(O)CC1CCCN(C(=O)NCc2nccs2)C1. The van der Waals surface area contributed by atoms with Gasteiger partial charge < -0.3 is 15.3 Å². The van der Waals surface area contributed by atoms with Crippen LogP contribution in [0.15, 0.2) is 11.6 Å². The normalized spacial score (nSPS) is 19.2. The molecule has 1 unspecified atom stereocenters. The van der Waals surface area contributed by atoms with E-state index in [4.69, 9.17) is 5.11 Å². The van der Waals surface area contributed by atoms with Crippen molar-refractivity contribution in [1.82, 2.24) is 15.2 Å². The highest BCUT2D eigenvalue weighted by Crippen LogP contribution is 2.19. The minimum atomic E-state index is -0.796. The van der Waals surface area contributed by atoms with Gasteiger partial charge in [0.1, 0.15) is 5.01 Å². The standard InChI is InChI=1S/C12H17N3O3S/c16-11(17)6-9-2-1-4-15(8-9)12(18)14-7-10-13-3-5-19-10/h3,5,9H,1-2,4,6-8H2,(H,14,18)(H,16,17). The van der Waals surface area contributed by atoms with Gasteiger partial charge in [0.05, 0.1) is 6.54 Å². The third kappa shape index (κ3) is 4.20. The van der Waals surface area contributed by atoms with E-state index in [2.05, 4.69) is 10.3 Å². The lowest BCUT2D eigenvalue weighted by molar-refractivity contribution is -0.138. The monoisotopic (exact) mass is 283 g/mol. The van der Waals surface area contributed by atoms with Crippen molar-refractivity contribution >= 4 is 23.3 Å². The highest BCUT2D eigenvalue weighted by atomic mass is 32.1. The predicted octanol–water partition coefficient (Wildman–Crippen LogP) is 1.54. The number of carbonyl (C=O) groups excluding carboxylic acids is 1. The molecule has 2 amide bonds. The molecule has 1 saturated heterocycles. The first kappa shape index (κ1) is 13.8. The second kappa shape index (κ2) is 6.51. The number of nitrogens with one attached hydrogen (secondary N) is 1. The van der Waals surface area contributed by atoms with Gasteiger partial charge in [-0.25, -0.2) is 9.78 Å². The summed E-state index contributed by atoms with van der Waals surface area (Å²) < 4.78 is 0. The molecule has 0 bridgehead atoms. The topological polar surface area (TPSA) is 82.5 Å². The Balaban J connectivity index is 1.79. The van der Waals surface area contributed by atoms with Gasteiger partial charge in [-0.3, -0.25) is 4.79 Å². The fourth-order valence-electron chi connectivity index (χ4n) is 2.27. The number of carboxylic acid groups (broad SMARTS) is 1. The zero-order valence-electron chi connectivity index (χ0n) is 10.5. The minimum Gasteiger partial charge on any atom is -0.481 e. The average Bonchev–Trinajstić information content (AvgIpc) is 2.88. The summed E-state index contributed by atoms with van der Waals surface area (Å²) >= 11 is 1.50. The summed E-state index contributed by atoms with van der Waals surface area (Å²) in [6.07, 6.45) is 3.58. The van der Waals surface area contributed by atoms with Crippen molar-refractivity contribution in [2.24, 2.45) is 5.92 Å². The smallest absolute Gasteiger partial charge is 0.317 e. The number of aromatic nitrogens is 1. The Morgan fingerprint density at radius 2 is 2.42 bits per heavy atom. The molecular weight excluding hydrogens is 266 g/mol. The van der Waals surface area contributed by atoms with Gasteiger partial charge in [-0.1, -0.05) is 0 Å². The summed E-state index contributed by atoms with van der Waals surface area (Å²) in [7, 11) is 0. The van der Waals surface area contributed by atoms with Crippen molar-refractivity contribution in [2.45, 2.75) is 25.8 Å². The Labute approximate surface area is 115 Å². The van der Waals surface area contributed by atoms with Crippen molar-refractivity contribution in [1.29, 1.82) is 0 Å². The van der Waals surface area contributed by atoms with Crippen molar-refractivity contribution in [2.75, 3.05) is 13.1 Å². The quantitative estimate of drug-likeness (QED) is 0.878. The van der Waals surface area contributed by atoms with Crippen LogP contribution < -0.4 is 5.32 Å². The molecule has 19 heavy (non-hydrogen) atoms. The van der Waals surface area contributed by atoms with Gasteiger partial charge in [-0.05, 0) is 18.8 Å². The third-order valence-electron chi connectivity index (χ3n) is 3.14. The zero-order chi connectivity index (χ0) is 13.7. The fraction of sp³-hybridized carbons (Fsp3) is 0.583. The van der Waals surface area contributed by atoms with Crippen LogP contribution in [-0.4, -0.2) is 40.1 Å². The minimum absolute atomic E-state index is 0.0665. The number of piperidine rings is 1. The maximum atomic E-state index is 12.0. The first-order valence-electron chi connectivity index (χ1n) is 6.28. The summed E-state index contributed by atoms with van der Waals surface area (Å²) in [6.45, 7) is 1.65. The molecule has 2 rings (SSSR count). The molecule has 0 radical (unpaired) electrons. The molecule has 1 aromatic heterocycles. The predicted molar refractivity (Wildman–Crippen MR) is 70.9 cm³/mol. The number of hydrogen-bond acceptors (Lipinski definition) is 4. The van der Waals surface area contributed by atoms with Gasteiger partial charge in [-0.15, -0.1) is 11.3 Å². The Bertz CT molecular complexity index is 435. The number of carboxylic acids is 1. The molecule has 1 aliphatic rings. The number of hydrogen-bond donors (Lipinski definition) is 2. The van der Waals surface area contributed by atoms with Crippen LogP contribution in [0.2, 0.25) is 0 Å². The van der Waals surface area contributed by atoms with Crippen molar-refractivity contribution in [3.8, 4) is 0 Å². The Kier molecular flexibility index (Phi) is 4.73. The maximum Gasteiger partial charge on any atom is 0.317 e. The van der Waals surface area contributed by atoms with E-state index in [-0.39, 0.29) is 18.4 Å². The Morgan fingerprint density at radius 1 is 1.58 bits per heavy atom. The summed E-state index contributed by atoms with van der Waals surface area (Å²) in [5, 5.41) is 14.3. The fourth-order valence-corrected chi connectivity index (χ4v) is 2.82. The molecule has 0 saturated carbocycles. The van der Waals surface area contributed by atoms with E-state index in [0.29, 0.717) is 19.6 Å². The van der Waals surface area contributed by atoms with E-state index >= 15 is 0 Å². The molecule has 6 nitrogen and oxygen atoms in total. The van der Waals surface area contributed by atoms with Crippen LogP contribution in [-0.2, 0) is 11.3 Å². The van der Waals surface area contributed by atoms with Gasteiger partial charge in [0.2, 0.25) is 0 Å². The highest BCUT2D eigenvalue weighted by Gasteiger charge is 2.25. The van der Waals surface area contributed by atoms with E-state index in [1.807, 2.05) is 5.38 Å². The second-order valence-corrected chi connectivity index (χ2v) is 5.62. The molecule has 1 aliphatic heterocycles. The van der Waals surface area contributed by atoms with Crippen molar-refractivity contribution < 1.29 is 14.7 Å². The van der Waals surface area contributed by atoms with Gasteiger partial charge in [0, 0.05) is 31.1 Å². The second-order valence-electron chi connectivity index (χ2n) is 4.64. The largest absolute Gasteiger partial charge is 0.481 e. The van der Waals surface area contributed by atoms with Crippen LogP contribution >= 0.6 is 11.3 Å². The molecule has 7 heteroatoms. The Hall–Kier alpha value is -1.63. The van der Waals surface area contributed by atoms with E-state index in [1.54, 1.807) is 11.1 Å². The van der Waals surface area contributed by atoms with Crippen LogP contribution in [0.1, 0.15) is 24.3 Å². The molecule has 1 atom stereocenters. The molecule has 0 spiro atoms. The molecule has 1 fully saturated rings. The molecule has 2 N–H and O–H groups in total. The average molecular weight is 283 g/mol. The summed E-state index contributed by atoms with van der Waals surface area (Å²) in [4.78, 5) is 28.5. The maximum absolute atomic E-state index is 12.0. The molecule has 104 valence electrons. The molecule has 0 aliphatic carbocycles. The molecular formula is C12H17N3O3S. The van der Waals surface area contributed by atoms with Crippen LogP contribution in [0.4, 0.5) is 4.79 Å². The summed E-state index contributed by atoms with van der Waals surface area (Å²) in [5.41, 5.74) is 0. The first-order valence-corrected chi connectivity index (χ1v) is 7.16. The van der Waals surface area contributed by atoms with Crippen LogP contribution in [0.25, 0.3) is 0 Å². The first-order chi connectivity index (χ1) is 9.15.